The van der Waals surface area contributed by atoms with Crippen LogP contribution in [0.25, 0.3) is 10.9 Å². The second-order valence-electron chi connectivity index (χ2n) is 7.04. The molecular weight excluding hydrogens is 358 g/mol. The maximum Gasteiger partial charge on any atom is 0.317 e. The molecule has 1 N–H and O–H groups in total. The molecule has 7 nitrogen and oxygen atoms in total. The number of nitrogens with zero attached hydrogens (tertiary/aromatic N) is 3. The van der Waals surface area contributed by atoms with Gasteiger partial charge in [0.05, 0.1) is 25.3 Å². The van der Waals surface area contributed by atoms with Crippen molar-refractivity contribution in [2.45, 2.75) is 32.7 Å². The lowest BCUT2D eigenvalue weighted by molar-refractivity contribution is -0.138. The summed E-state index contributed by atoms with van der Waals surface area (Å²) in [5, 5.41) is 10.1. The second kappa shape index (κ2) is 9.10. The fourth-order valence-electron chi connectivity index (χ4n) is 3.84. The number of aliphatic carboxylic acids is 1. The van der Waals surface area contributed by atoms with E-state index in [4.69, 9.17) is 14.6 Å². The van der Waals surface area contributed by atoms with E-state index in [-0.39, 0.29) is 6.54 Å². The minimum absolute atomic E-state index is 0.0841. The van der Waals surface area contributed by atoms with Gasteiger partial charge in [0.1, 0.15) is 0 Å². The number of carbonyl (C=O) groups is 1. The number of fused-ring (bicyclic) bond motifs is 1. The Kier molecular flexibility index (Phi) is 6.57. The van der Waals surface area contributed by atoms with Crippen LogP contribution in [0.5, 0.6) is 11.5 Å². The van der Waals surface area contributed by atoms with Gasteiger partial charge in [-0.2, -0.15) is 0 Å². The number of carboxylic acids is 1. The summed E-state index contributed by atoms with van der Waals surface area (Å²) in [4.78, 5) is 19.8. The van der Waals surface area contributed by atoms with Crippen molar-refractivity contribution in [2.75, 3.05) is 44.8 Å². The van der Waals surface area contributed by atoms with Crippen LogP contribution in [0, 0.1) is 0 Å². The van der Waals surface area contributed by atoms with Gasteiger partial charge in [0.25, 0.3) is 0 Å². The zero-order valence-electron chi connectivity index (χ0n) is 16.9. The van der Waals surface area contributed by atoms with E-state index in [0.717, 1.165) is 54.0 Å². The third-order valence-electron chi connectivity index (χ3n) is 5.20. The van der Waals surface area contributed by atoms with E-state index >= 15 is 0 Å². The van der Waals surface area contributed by atoms with E-state index in [1.165, 1.54) is 0 Å². The van der Waals surface area contributed by atoms with E-state index in [2.05, 4.69) is 9.88 Å². The van der Waals surface area contributed by atoms with Crippen molar-refractivity contribution >= 4 is 22.6 Å². The van der Waals surface area contributed by atoms with Crippen molar-refractivity contribution in [1.82, 2.24) is 9.88 Å². The summed E-state index contributed by atoms with van der Waals surface area (Å²) in [5.41, 5.74) is 2.02. The Morgan fingerprint density at radius 1 is 1.21 bits per heavy atom. The Bertz CT molecular complexity index is 819. The maximum atomic E-state index is 11.0. The maximum absolute atomic E-state index is 11.0. The van der Waals surface area contributed by atoms with Crippen molar-refractivity contribution in [3.8, 4) is 11.5 Å². The fraction of sp³-hybridized carbons (Fsp3) is 0.524. The summed E-state index contributed by atoms with van der Waals surface area (Å²) < 4.78 is 11.5. The highest BCUT2D eigenvalue weighted by atomic mass is 16.5. The third kappa shape index (κ3) is 4.47. The third-order valence-corrected chi connectivity index (χ3v) is 5.20. The number of ether oxygens (including phenoxy) is 2. The van der Waals surface area contributed by atoms with Gasteiger partial charge in [-0.3, -0.25) is 14.7 Å². The largest absolute Gasteiger partial charge is 0.490 e. The lowest BCUT2D eigenvalue weighted by atomic mass is 10.0. The average molecular weight is 387 g/mol. The van der Waals surface area contributed by atoms with Gasteiger partial charge in [-0.1, -0.05) is 0 Å². The molecule has 2 heterocycles. The Labute approximate surface area is 165 Å². The highest BCUT2D eigenvalue weighted by Gasteiger charge is 2.25. The highest BCUT2D eigenvalue weighted by Crippen LogP contribution is 2.37. The van der Waals surface area contributed by atoms with Gasteiger partial charge in [-0.05, 0) is 45.9 Å². The lowest BCUT2D eigenvalue weighted by Crippen LogP contribution is -2.45. The number of anilines is 1. The average Bonchev–Trinajstić information content (AvgIpc) is 2.68. The standard InChI is InChI=1S/C21H29N3O4/c1-4-27-19-12-16-17(13-20(19)28-5-2)22-9-6-18(16)24-10-7-15(8-11-24)23(3)14-21(25)26/h6,9,12-13,15H,4-5,7-8,10-11,14H2,1-3H3,(H,25,26). The topological polar surface area (TPSA) is 75.1 Å². The van der Waals surface area contributed by atoms with Crippen molar-refractivity contribution in [3.63, 3.8) is 0 Å². The van der Waals surface area contributed by atoms with Crippen molar-refractivity contribution in [2.24, 2.45) is 0 Å². The van der Waals surface area contributed by atoms with Crippen LogP contribution < -0.4 is 14.4 Å². The molecule has 0 saturated carbocycles. The zero-order valence-corrected chi connectivity index (χ0v) is 16.9. The first-order valence-electron chi connectivity index (χ1n) is 9.88. The zero-order chi connectivity index (χ0) is 20.1. The van der Waals surface area contributed by atoms with Gasteiger partial charge in [0.15, 0.2) is 11.5 Å². The lowest BCUT2D eigenvalue weighted by Gasteiger charge is -2.37. The molecule has 1 aliphatic heterocycles. The smallest absolute Gasteiger partial charge is 0.317 e. The minimum atomic E-state index is -0.779. The molecule has 3 rings (SSSR count). The number of hydrogen-bond donors (Lipinski definition) is 1. The van der Waals surface area contributed by atoms with Crippen LogP contribution >= 0.6 is 0 Å². The van der Waals surface area contributed by atoms with Gasteiger partial charge < -0.3 is 19.5 Å². The Hall–Kier alpha value is -2.54. The molecule has 0 amide bonds. The molecule has 1 aromatic carbocycles. The quantitative estimate of drug-likeness (QED) is 0.746. The van der Waals surface area contributed by atoms with Crippen LogP contribution in [0.3, 0.4) is 0 Å². The van der Waals surface area contributed by atoms with Crippen molar-refractivity contribution in [1.29, 1.82) is 0 Å². The van der Waals surface area contributed by atoms with Crippen molar-refractivity contribution in [3.05, 3.63) is 24.4 Å². The molecule has 1 aromatic heterocycles. The Morgan fingerprint density at radius 2 is 1.86 bits per heavy atom. The number of likely N-dealkylation sites (N-methyl/N-ethyl adjacent to an activating group) is 1. The number of hydrogen-bond acceptors (Lipinski definition) is 6. The van der Waals surface area contributed by atoms with Crippen molar-refractivity contribution < 1.29 is 19.4 Å². The Balaban J connectivity index is 1.83. The van der Waals surface area contributed by atoms with Crippen LogP contribution in [0.1, 0.15) is 26.7 Å². The summed E-state index contributed by atoms with van der Waals surface area (Å²) in [6, 6.07) is 6.30. The van der Waals surface area contributed by atoms with E-state index in [1.807, 2.05) is 50.2 Å². The molecule has 7 heteroatoms. The first-order chi connectivity index (χ1) is 13.5. The first kappa shape index (κ1) is 20.2. The number of carboxylic acid groups (broad SMARTS) is 1. The molecule has 1 saturated heterocycles. The van der Waals surface area contributed by atoms with E-state index in [9.17, 15) is 4.79 Å². The molecule has 0 unspecified atom stereocenters. The molecular formula is C21H29N3O4. The summed E-state index contributed by atoms with van der Waals surface area (Å²) in [5.74, 6) is 0.677. The molecule has 0 aliphatic carbocycles. The van der Waals surface area contributed by atoms with Gasteiger partial charge in [-0.15, -0.1) is 0 Å². The SMILES string of the molecule is CCOc1cc2nccc(N3CCC(N(C)CC(=O)O)CC3)c2cc1OCC. The number of rotatable bonds is 8. The second-order valence-corrected chi connectivity index (χ2v) is 7.04. The van der Waals surface area contributed by atoms with E-state index < -0.39 is 5.97 Å². The molecule has 0 radical (unpaired) electrons. The molecule has 0 atom stereocenters. The monoisotopic (exact) mass is 387 g/mol. The molecule has 152 valence electrons. The first-order valence-corrected chi connectivity index (χ1v) is 9.88. The molecule has 0 spiro atoms. The van der Waals surface area contributed by atoms with Gasteiger partial charge in [0.2, 0.25) is 0 Å². The summed E-state index contributed by atoms with van der Waals surface area (Å²) in [6.07, 6.45) is 3.70. The number of benzene rings is 1. The Morgan fingerprint density at radius 3 is 2.46 bits per heavy atom. The molecule has 1 fully saturated rings. The van der Waals surface area contributed by atoms with E-state index in [1.54, 1.807) is 0 Å². The van der Waals surface area contributed by atoms with E-state index in [0.29, 0.717) is 19.3 Å². The number of piperidine rings is 1. The van der Waals surface area contributed by atoms with Crippen LogP contribution in [0.15, 0.2) is 24.4 Å². The normalized spacial score (nSPS) is 15.2. The molecule has 2 aromatic rings. The predicted molar refractivity (Wildman–Crippen MR) is 110 cm³/mol. The van der Waals surface area contributed by atoms with Crippen LogP contribution in [-0.2, 0) is 4.79 Å². The summed E-state index contributed by atoms with van der Waals surface area (Å²) in [6.45, 7) is 6.90. The number of pyridine rings is 1. The number of aromatic nitrogens is 1. The molecule has 1 aliphatic rings. The summed E-state index contributed by atoms with van der Waals surface area (Å²) in [7, 11) is 1.89. The van der Waals surface area contributed by atoms with Gasteiger partial charge >= 0.3 is 5.97 Å². The fourth-order valence-corrected chi connectivity index (χ4v) is 3.84. The highest BCUT2D eigenvalue weighted by molar-refractivity contribution is 5.94. The molecule has 28 heavy (non-hydrogen) atoms. The summed E-state index contributed by atoms with van der Waals surface area (Å²) >= 11 is 0. The minimum Gasteiger partial charge on any atom is -0.490 e. The van der Waals surface area contributed by atoms with Crippen LogP contribution in [0.4, 0.5) is 5.69 Å². The van der Waals surface area contributed by atoms with Gasteiger partial charge in [-0.25, -0.2) is 0 Å². The molecule has 0 bridgehead atoms. The van der Waals surface area contributed by atoms with Crippen LogP contribution in [0.2, 0.25) is 0 Å². The van der Waals surface area contributed by atoms with Gasteiger partial charge in [0, 0.05) is 42.5 Å². The predicted octanol–water partition coefficient (Wildman–Crippen LogP) is 3.02. The van der Waals surface area contributed by atoms with Crippen LogP contribution in [-0.4, -0.2) is 66.9 Å².